The van der Waals surface area contributed by atoms with Crippen LogP contribution >= 0.6 is 15.9 Å². The summed E-state index contributed by atoms with van der Waals surface area (Å²) in [5.41, 5.74) is 2.15. The Morgan fingerprint density at radius 3 is 2.55 bits per heavy atom. The zero-order valence-corrected chi connectivity index (χ0v) is 13.0. The van der Waals surface area contributed by atoms with E-state index in [-0.39, 0.29) is 17.5 Å². The van der Waals surface area contributed by atoms with E-state index < -0.39 is 0 Å². The molecule has 0 bridgehead atoms. The third-order valence-electron chi connectivity index (χ3n) is 4.00. The van der Waals surface area contributed by atoms with Crippen LogP contribution in [0.25, 0.3) is 11.0 Å². The van der Waals surface area contributed by atoms with Crippen LogP contribution in [0.5, 0.6) is 0 Å². The molecule has 1 aliphatic rings. The van der Waals surface area contributed by atoms with Crippen LogP contribution in [0.3, 0.4) is 0 Å². The Kier molecular flexibility index (Phi) is 3.30. The zero-order chi connectivity index (χ0) is 14.4. The fourth-order valence-electron chi connectivity index (χ4n) is 2.80. The number of aromatic nitrogens is 2. The molecule has 0 amide bonds. The molecule has 106 valence electrons. The molecule has 0 aliphatic carbocycles. The molecule has 1 N–H and O–H groups in total. The summed E-state index contributed by atoms with van der Waals surface area (Å²) < 4.78 is 3.90. The zero-order valence-electron chi connectivity index (χ0n) is 11.4. The van der Waals surface area contributed by atoms with Crippen LogP contribution in [0.4, 0.5) is 0 Å². The van der Waals surface area contributed by atoms with Gasteiger partial charge in [-0.05, 0) is 47.4 Å². The van der Waals surface area contributed by atoms with Crippen molar-refractivity contribution in [2.45, 2.75) is 18.9 Å². The molecule has 20 heavy (non-hydrogen) atoms. The summed E-state index contributed by atoms with van der Waals surface area (Å²) in [4.78, 5) is 24.5. The summed E-state index contributed by atoms with van der Waals surface area (Å²) in [6.45, 7) is 0.889. The number of hydrogen-bond acceptors (Lipinski definition) is 3. The highest BCUT2D eigenvalue weighted by Crippen LogP contribution is 2.26. The topological polar surface area (TPSA) is 56.0 Å². The second kappa shape index (κ2) is 4.86. The molecule has 1 saturated heterocycles. The molecular weight excluding hydrogens is 322 g/mol. The summed E-state index contributed by atoms with van der Waals surface area (Å²) in [6, 6.07) is 3.55. The molecule has 3 rings (SSSR count). The standard InChI is InChI=1S/C14H16BrN3O2/c1-17-11-6-8(13(19)10-4-3-5-16-10)9(15)7-12(11)18(2)14(17)20/h6-7,10,16H,3-5H2,1-2H3. The van der Waals surface area contributed by atoms with E-state index in [2.05, 4.69) is 21.2 Å². The number of aryl methyl sites for hydroxylation is 2. The van der Waals surface area contributed by atoms with Crippen LogP contribution in [0.1, 0.15) is 23.2 Å². The minimum Gasteiger partial charge on any atom is -0.307 e. The minimum atomic E-state index is -0.107. The normalized spacial score (nSPS) is 18.9. The molecular formula is C14H16BrN3O2. The number of ketones is 1. The van der Waals surface area contributed by atoms with E-state index in [4.69, 9.17) is 0 Å². The van der Waals surface area contributed by atoms with Crippen LogP contribution in [0.15, 0.2) is 21.4 Å². The van der Waals surface area contributed by atoms with Crippen LogP contribution in [0.2, 0.25) is 0 Å². The van der Waals surface area contributed by atoms with Gasteiger partial charge in [0.25, 0.3) is 0 Å². The lowest BCUT2D eigenvalue weighted by Gasteiger charge is -2.11. The first-order valence-corrected chi connectivity index (χ1v) is 7.42. The number of halogens is 1. The van der Waals surface area contributed by atoms with Gasteiger partial charge in [0.1, 0.15) is 0 Å². The van der Waals surface area contributed by atoms with Gasteiger partial charge in [0.05, 0.1) is 17.1 Å². The number of rotatable bonds is 2. The van der Waals surface area contributed by atoms with Gasteiger partial charge in [-0.3, -0.25) is 13.9 Å². The summed E-state index contributed by atoms with van der Waals surface area (Å²) in [7, 11) is 3.46. The lowest BCUT2D eigenvalue weighted by atomic mass is 10.0. The molecule has 0 radical (unpaired) electrons. The quantitative estimate of drug-likeness (QED) is 0.846. The lowest BCUT2D eigenvalue weighted by molar-refractivity contribution is 0.0951. The van der Waals surface area contributed by atoms with Gasteiger partial charge >= 0.3 is 5.69 Å². The number of benzene rings is 1. The Morgan fingerprint density at radius 1 is 1.30 bits per heavy atom. The first-order chi connectivity index (χ1) is 9.50. The summed E-state index contributed by atoms with van der Waals surface area (Å²) >= 11 is 3.46. The molecule has 1 aromatic heterocycles. The number of hydrogen-bond donors (Lipinski definition) is 1. The fourth-order valence-corrected chi connectivity index (χ4v) is 3.33. The Morgan fingerprint density at radius 2 is 1.95 bits per heavy atom. The van der Waals surface area contributed by atoms with Crippen molar-refractivity contribution in [1.29, 1.82) is 0 Å². The maximum atomic E-state index is 12.5. The van der Waals surface area contributed by atoms with Crippen molar-refractivity contribution in [2.24, 2.45) is 14.1 Å². The van der Waals surface area contributed by atoms with Crippen molar-refractivity contribution in [3.63, 3.8) is 0 Å². The van der Waals surface area contributed by atoms with Crippen molar-refractivity contribution >= 4 is 32.7 Å². The average molecular weight is 338 g/mol. The molecule has 0 saturated carbocycles. The van der Waals surface area contributed by atoms with Crippen LogP contribution in [-0.4, -0.2) is 27.5 Å². The van der Waals surface area contributed by atoms with Crippen molar-refractivity contribution in [3.8, 4) is 0 Å². The largest absolute Gasteiger partial charge is 0.328 e. The molecule has 0 spiro atoms. The molecule has 1 aromatic carbocycles. The van der Waals surface area contributed by atoms with Gasteiger partial charge in [0.15, 0.2) is 5.78 Å². The van der Waals surface area contributed by atoms with E-state index in [0.29, 0.717) is 5.56 Å². The Bertz CT molecular complexity index is 754. The smallest absolute Gasteiger partial charge is 0.307 e. The average Bonchev–Trinajstić information content (AvgIpc) is 3.03. The van der Waals surface area contributed by atoms with E-state index in [1.165, 1.54) is 0 Å². The molecule has 2 heterocycles. The number of Topliss-reactive ketones (excluding diaryl/α,β-unsaturated/α-hetero) is 1. The van der Waals surface area contributed by atoms with E-state index in [0.717, 1.165) is 34.9 Å². The molecule has 1 fully saturated rings. The van der Waals surface area contributed by atoms with Gasteiger partial charge in [0.2, 0.25) is 0 Å². The summed E-state index contributed by atoms with van der Waals surface area (Å²) in [6.07, 6.45) is 1.90. The number of nitrogens with zero attached hydrogens (tertiary/aromatic N) is 2. The lowest BCUT2D eigenvalue weighted by Crippen LogP contribution is -2.31. The summed E-state index contributed by atoms with van der Waals surface area (Å²) in [5, 5.41) is 3.22. The summed E-state index contributed by atoms with van der Waals surface area (Å²) in [5.74, 6) is 0.0903. The second-order valence-electron chi connectivity index (χ2n) is 5.23. The monoisotopic (exact) mass is 337 g/mol. The Balaban J connectivity index is 2.17. The van der Waals surface area contributed by atoms with Gasteiger partial charge in [-0.2, -0.15) is 0 Å². The third-order valence-corrected chi connectivity index (χ3v) is 4.66. The highest BCUT2D eigenvalue weighted by Gasteiger charge is 2.25. The number of imidazole rings is 1. The van der Waals surface area contributed by atoms with Crippen molar-refractivity contribution in [1.82, 2.24) is 14.5 Å². The van der Waals surface area contributed by atoms with Crippen molar-refractivity contribution in [3.05, 3.63) is 32.7 Å². The highest BCUT2D eigenvalue weighted by molar-refractivity contribution is 9.10. The van der Waals surface area contributed by atoms with Crippen LogP contribution in [-0.2, 0) is 14.1 Å². The van der Waals surface area contributed by atoms with Gasteiger partial charge in [-0.1, -0.05) is 0 Å². The molecule has 6 heteroatoms. The highest BCUT2D eigenvalue weighted by atomic mass is 79.9. The maximum Gasteiger partial charge on any atom is 0.328 e. The van der Waals surface area contributed by atoms with Gasteiger partial charge < -0.3 is 5.32 Å². The van der Waals surface area contributed by atoms with Crippen LogP contribution in [0, 0.1) is 0 Å². The molecule has 1 aliphatic heterocycles. The number of fused-ring (bicyclic) bond motifs is 1. The van der Waals surface area contributed by atoms with Crippen LogP contribution < -0.4 is 11.0 Å². The Labute approximate surface area is 124 Å². The van der Waals surface area contributed by atoms with Gasteiger partial charge in [0, 0.05) is 24.1 Å². The predicted molar refractivity (Wildman–Crippen MR) is 81.2 cm³/mol. The third kappa shape index (κ3) is 1.94. The number of carbonyl (C=O) groups is 1. The number of carbonyl (C=O) groups excluding carboxylic acids is 1. The predicted octanol–water partition coefficient (Wildman–Crippen LogP) is 1.57. The SMILES string of the molecule is Cn1c(=O)n(C)c2cc(C(=O)C3CCCN3)c(Br)cc21. The minimum absolute atomic E-state index is 0.0875. The molecule has 2 aromatic rings. The first kappa shape index (κ1) is 13.6. The van der Waals surface area contributed by atoms with E-state index in [9.17, 15) is 9.59 Å². The van der Waals surface area contributed by atoms with Crippen molar-refractivity contribution < 1.29 is 4.79 Å². The van der Waals surface area contributed by atoms with E-state index in [1.807, 2.05) is 12.1 Å². The molecule has 5 nitrogen and oxygen atoms in total. The number of nitrogens with one attached hydrogen (secondary N) is 1. The molecule has 1 unspecified atom stereocenters. The fraction of sp³-hybridized carbons (Fsp3) is 0.429. The van der Waals surface area contributed by atoms with E-state index >= 15 is 0 Å². The maximum absolute atomic E-state index is 12.5. The second-order valence-corrected chi connectivity index (χ2v) is 6.09. The molecule has 1 atom stereocenters. The Hall–Kier alpha value is -1.40. The first-order valence-electron chi connectivity index (χ1n) is 6.63. The van der Waals surface area contributed by atoms with E-state index in [1.54, 1.807) is 23.2 Å². The van der Waals surface area contributed by atoms with Gasteiger partial charge in [-0.15, -0.1) is 0 Å². The van der Waals surface area contributed by atoms with Crippen molar-refractivity contribution in [2.75, 3.05) is 6.54 Å². The van der Waals surface area contributed by atoms with Gasteiger partial charge in [-0.25, -0.2) is 4.79 Å².